The van der Waals surface area contributed by atoms with Gasteiger partial charge in [0.05, 0.1) is 19.1 Å². The first-order valence-corrected chi connectivity index (χ1v) is 4.44. The number of nitrogens with zero attached hydrogens (tertiary/aromatic N) is 1. The smallest absolute Gasteiger partial charge is 0.0912 e. The Balaban J connectivity index is 2.52. The van der Waals surface area contributed by atoms with Gasteiger partial charge >= 0.3 is 0 Å². The Morgan fingerprint density at radius 3 is 2.64 bits per heavy atom. The third-order valence-electron chi connectivity index (χ3n) is 2.50. The van der Waals surface area contributed by atoms with Crippen molar-refractivity contribution in [3.63, 3.8) is 0 Å². The van der Waals surface area contributed by atoms with Crippen molar-refractivity contribution >= 4 is 0 Å². The molecule has 3 heteroatoms. The Kier molecular flexibility index (Phi) is 2.87. The van der Waals surface area contributed by atoms with Gasteiger partial charge in [0.25, 0.3) is 0 Å². The monoisotopic (exact) mass is 158 g/mol. The lowest BCUT2D eigenvalue weighted by Crippen LogP contribution is -2.49. The van der Waals surface area contributed by atoms with E-state index in [1.807, 2.05) is 13.8 Å². The number of hydrogen-bond acceptors (Lipinski definition) is 2. The number of quaternary nitrogens is 1. The van der Waals surface area contributed by atoms with Crippen LogP contribution in [0.5, 0.6) is 0 Å². The number of rotatable bonds is 1. The van der Waals surface area contributed by atoms with E-state index in [0.717, 1.165) is 32.6 Å². The molecule has 0 spiro atoms. The van der Waals surface area contributed by atoms with Crippen LogP contribution in [0.3, 0.4) is 0 Å². The first-order valence-electron chi connectivity index (χ1n) is 4.44. The Hall–Kier alpha value is -0.120. The van der Waals surface area contributed by atoms with Gasteiger partial charge < -0.3 is 15.2 Å². The summed E-state index contributed by atoms with van der Waals surface area (Å²) in [5.41, 5.74) is 0. The lowest BCUT2D eigenvalue weighted by Gasteiger charge is -2.45. The van der Waals surface area contributed by atoms with Crippen LogP contribution in [0.25, 0.3) is 0 Å². The Morgan fingerprint density at radius 1 is 1.27 bits per heavy atom. The molecule has 1 saturated heterocycles. The molecule has 0 aliphatic carbocycles. The number of hydrogen-bond donors (Lipinski definition) is 1. The van der Waals surface area contributed by atoms with Crippen molar-refractivity contribution in [3.8, 4) is 0 Å². The molecule has 1 rings (SSSR count). The summed E-state index contributed by atoms with van der Waals surface area (Å²) in [6.07, 6.45) is 1.02. The highest BCUT2D eigenvalue weighted by Crippen LogP contribution is 2.13. The molecule has 1 heterocycles. The summed E-state index contributed by atoms with van der Waals surface area (Å²) < 4.78 is -0.00694. The van der Waals surface area contributed by atoms with Crippen LogP contribution >= 0.6 is 0 Å². The lowest BCUT2D eigenvalue weighted by atomic mass is 10.3. The molecule has 1 N–H and O–H groups in total. The van der Waals surface area contributed by atoms with E-state index in [2.05, 4.69) is 5.32 Å². The third kappa shape index (κ3) is 2.15. The van der Waals surface area contributed by atoms with E-state index in [0.29, 0.717) is 0 Å². The fourth-order valence-electron chi connectivity index (χ4n) is 1.49. The minimum Gasteiger partial charge on any atom is -0.633 e. The maximum absolute atomic E-state index is 11.9. The highest BCUT2D eigenvalue weighted by molar-refractivity contribution is 4.58. The molecule has 1 aliphatic rings. The summed E-state index contributed by atoms with van der Waals surface area (Å²) in [5, 5.41) is 15.2. The molecule has 1 atom stereocenters. The molecule has 0 aromatic rings. The van der Waals surface area contributed by atoms with E-state index in [-0.39, 0.29) is 10.7 Å². The maximum atomic E-state index is 11.9. The molecule has 0 aromatic heterocycles. The van der Waals surface area contributed by atoms with Crippen molar-refractivity contribution in [2.24, 2.45) is 0 Å². The van der Waals surface area contributed by atoms with Gasteiger partial charge in [0.15, 0.2) is 0 Å². The van der Waals surface area contributed by atoms with Crippen molar-refractivity contribution in [2.75, 3.05) is 26.2 Å². The van der Waals surface area contributed by atoms with Crippen LogP contribution in [0.1, 0.15) is 20.3 Å². The maximum Gasteiger partial charge on any atom is 0.0912 e. The zero-order valence-electron chi connectivity index (χ0n) is 7.47. The molecule has 1 aliphatic heterocycles. The zero-order chi connectivity index (χ0) is 8.32. The summed E-state index contributed by atoms with van der Waals surface area (Å²) >= 11 is 0. The first kappa shape index (κ1) is 8.97. The topological polar surface area (TPSA) is 35.1 Å². The Bertz CT molecular complexity index is 117. The predicted octanol–water partition coefficient (Wildman–Crippen LogP) is 0.703. The molecule has 1 fully saturated rings. The zero-order valence-corrected chi connectivity index (χ0v) is 7.47. The molecular weight excluding hydrogens is 140 g/mol. The van der Waals surface area contributed by atoms with Gasteiger partial charge in [-0.25, -0.2) is 0 Å². The molecule has 66 valence electrons. The number of hydroxylamine groups is 3. The molecule has 0 radical (unpaired) electrons. The van der Waals surface area contributed by atoms with Crippen molar-refractivity contribution in [1.29, 1.82) is 0 Å². The molecule has 0 bridgehead atoms. The molecule has 11 heavy (non-hydrogen) atoms. The minimum atomic E-state index is -0.00694. The first-order chi connectivity index (χ1) is 5.15. The summed E-state index contributed by atoms with van der Waals surface area (Å²) in [7, 11) is 0. The Labute approximate surface area is 68.6 Å². The molecule has 0 aromatic carbocycles. The van der Waals surface area contributed by atoms with E-state index >= 15 is 0 Å². The van der Waals surface area contributed by atoms with Crippen LogP contribution in [-0.2, 0) is 0 Å². The van der Waals surface area contributed by atoms with Crippen molar-refractivity contribution in [1.82, 2.24) is 5.32 Å². The predicted molar refractivity (Wildman–Crippen MR) is 46.0 cm³/mol. The van der Waals surface area contributed by atoms with E-state index in [1.54, 1.807) is 0 Å². The molecular formula is C8H18N2O. The second-order valence-corrected chi connectivity index (χ2v) is 3.60. The minimum absolute atomic E-state index is 0.00694. The standard InChI is InChI=1S/C8H18N2O/c1-8(2)10(11)6-3-4-9-5-7-10/h8-9H,3-7H2,1-2H3. The normalized spacial score (nSPS) is 33.8. The van der Waals surface area contributed by atoms with Gasteiger partial charge in [0.1, 0.15) is 0 Å². The van der Waals surface area contributed by atoms with Crippen LogP contribution in [0, 0.1) is 5.21 Å². The van der Waals surface area contributed by atoms with Crippen LogP contribution in [-0.4, -0.2) is 36.9 Å². The quantitative estimate of drug-likeness (QED) is 0.450. The molecule has 1 unspecified atom stereocenters. The van der Waals surface area contributed by atoms with E-state index in [1.165, 1.54) is 0 Å². The van der Waals surface area contributed by atoms with Gasteiger partial charge in [-0.15, -0.1) is 0 Å². The summed E-state index contributed by atoms with van der Waals surface area (Å²) in [5.74, 6) is 0. The highest BCUT2D eigenvalue weighted by Gasteiger charge is 2.21. The van der Waals surface area contributed by atoms with E-state index in [4.69, 9.17) is 0 Å². The SMILES string of the molecule is CC(C)[N+]1([O-])CCCNCC1. The van der Waals surface area contributed by atoms with Crippen molar-refractivity contribution in [3.05, 3.63) is 5.21 Å². The average Bonchev–Trinajstić information content (AvgIpc) is 2.15. The fourth-order valence-corrected chi connectivity index (χ4v) is 1.49. The van der Waals surface area contributed by atoms with Crippen molar-refractivity contribution in [2.45, 2.75) is 26.3 Å². The summed E-state index contributed by atoms with van der Waals surface area (Å²) in [6, 6.07) is 0.217. The Morgan fingerprint density at radius 2 is 2.00 bits per heavy atom. The third-order valence-corrected chi connectivity index (χ3v) is 2.50. The average molecular weight is 158 g/mol. The van der Waals surface area contributed by atoms with Gasteiger partial charge in [0.2, 0.25) is 0 Å². The molecule has 0 amide bonds. The summed E-state index contributed by atoms with van der Waals surface area (Å²) in [4.78, 5) is 0. The van der Waals surface area contributed by atoms with Crippen LogP contribution in [0.2, 0.25) is 0 Å². The van der Waals surface area contributed by atoms with Crippen molar-refractivity contribution < 1.29 is 4.65 Å². The van der Waals surface area contributed by atoms with Gasteiger partial charge in [-0.1, -0.05) is 0 Å². The van der Waals surface area contributed by atoms with E-state index in [9.17, 15) is 5.21 Å². The van der Waals surface area contributed by atoms with E-state index < -0.39 is 0 Å². The van der Waals surface area contributed by atoms with Crippen LogP contribution in [0.4, 0.5) is 0 Å². The lowest BCUT2D eigenvalue weighted by molar-refractivity contribution is -0.899. The molecule has 0 saturated carbocycles. The largest absolute Gasteiger partial charge is 0.633 e. The fraction of sp³-hybridized carbons (Fsp3) is 1.00. The van der Waals surface area contributed by atoms with Crippen LogP contribution in [0.15, 0.2) is 0 Å². The second-order valence-electron chi connectivity index (χ2n) is 3.60. The van der Waals surface area contributed by atoms with Gasteiger partial charge in [-0.05, 0) is 13.8 Å². The van der Waals surface area contributed by atoms with Gasteiger partial charge in [-0.2, -0.15) is 0 Å². The van der Waals surface area contributed by atoms with Gasteiger partial charge in [-0.3, -0.25) is 0 Å². The number of nitrogens with one attached hydrogen (secondary N) is 1. The highest BCUT2D eigenvalue weighted by atomic mass is 16.5. The summed E-state index contributed by atoms with van der Waals surface area (Å²) in [6.45, 7) is 7.43. The second kappa shape index (κ2) is 3.52. The van der Waals surface area contributed by atoms with Gasteiger partial charge in [0, 0.05) is 19.5 Å². The van der Waals surface area contributed by atoms with Crippen LogP contribution < -0.4 is 5.32 Å². The molecule has 3 nitrogen and oxygen atoms in total.